The van der Waals surface area contributed by atoms with Crippen LogP contribution in [-0.2, 0) is 9.84 Å². The SMILES string of the molecule is O=C(O)c1cccc(NC2C=CS(=O)(=O)C2)c1. The van der Waals surface area contributed by atoms with Crippen molar-refractivity contribution in [3.05, 3.63) is 41.3 Å². The molecule has 0 aromatic heterocycles. The highest BCUT2D eigenvalue weighted by molar-refractivity contribution is 7.94. The number of sulfone groups is 1. The van der Waals surface area contributed by atoms with E-state index in [1.54, 1.807) is 18.2 Å². The monoisotopic (exact) mass is 253 g/mol. The van der Waals surface area contributed by atoms with Gasteiger partial charge in [-0.2, -0.15) is 0 Å². The number of nitrogens with one attached hydrogen (secondary N) is 1. The van der Waals surface area contributed by atoms with E-state index in [4.69, 9.17) is 5.11 Å². The Morgan fingerprint density at radius 2 is 2.18 bits per heavy atom. The third-order valence-electron chi connectivity index (χ3n) is 2.39. The Hall–Kier alpha value is -1.82. The molecular formula is C11H11NO4S. The highest BCUT2D eigenvalue weighted by Crippen LogP contribution is 2.16. The summed E-state index contributed by atoms with van der Waals surface area (Å²) in [5, 5.41) is 13.0. The fraction of sp³-hybridized carbons (Fsp3) is 0.182. The molecule has 1 heterocycles. The van der Waals surface area contributed by atoms with Gasteiger partial charge in [-0.3, -0.25) is 0 Å². The molecule has 0 amide bonds. The van der Waals surface area contributed by atoms with Crippen molar-refractivity contribution in [3.8, 4) is 0 Å². The Kier molecular flexibility index (Phi) is 2.89. The van der Waals surface area contributed by atoms with E-state index in [1.807, 2.05) is 0 Å². The third kappa shape index (κ3) is 2.85. The standard InChI is InChI=1S/C11H11NO4S/c13-11(14)8-2-1-3-9(6-8)12-10-4-5-17(15,16)7-10/h1-6,10,12H,7H2,(H,13,14). The zero-order valence-corrected chi connectivity index (χ0v) is 9.65. The lowest BCUT2D eigenvalue weighted by Crippen LogP contribution is -2.21. The Morgan fingerprint density at radius 3 is 2.76 bits per heavy atom. The number of benzene rings is 1. The number of aromatic carboxylic acids is 1. The van der Waals surface area contributed by atoms with Crippen LogP contribution in [0.25, 0.3) is 0 Å². The Balaban J connectivity index is 2.13. The summed E-state index contributed by atoms with van der Waals surface area (Å²) < 4.78 is 22.4. The van der Waals surface area contributed by atoms with Crippen molar-refractivity contribution in [2.75, 3.05) is 11.1 Å². The van der Waals surface area contributed by atoms with E-state index in [2.05, 4.69) is 5.32 Å². The zero-order chi connectivity index (χ0) is 12.5. The van der Waals surface area contributed by atoms with Crippen LogP contribution in [-0.4, -0.2) is 31.3 Å². The smallest absolute Gasteiger partial charge is 0.335 e. The summed E-state index contributed by atoms with van der Waals surface area (Å²) in [6, 6.07) is 5.96. The predicted molar refractivity (Wildman–Crippen MR) is 63.7 cm³/mol. The van der Waals surface area contributed by atoms with E-state index in [0.717, 1.165) is 0 Å². The molecule has 0 saturated heterocycles. The minimum atomic E-state index is -3.10. The van der Waals surface area contributed by atoms with Crippen molar-refractivity contribution in [2.24, 2.45) is 0 Å². The van der Waals surface area contributed by atoms with Gasteiger partial charge in [-0.15, -0.1) is 0 Å². The van der Waals surface area contributed by atoms with Crippen LogP contribution in [0.5, 0.6) is 0 Å². The van der Waals surface area contributed by atoms with E-state index in [1.165, 1.54) is 17.5 Å². The van der Waals surface area contributed by atoms with Crippen LogP contribution >= 0.6 is 0 Å². The van der Waals surface area contributed by atoms with Gasteiger partial charge in [0, 0.05) is 11.1 Å². The van der Waals surface area contributed by atoms with Crippen molar-refractivity contribution in [3.63, 3.8) is 0 Å². The number of carboxylic acid groups (broad SMARTS) is 1. The van der Waals surface area contributed by atoms with E-state index in [9.17, 15) is 13.2 Å². The van der Waals surface area contributed by atoms with Crippen LogP contribution in [0.2, 0.25) is 0 Å². The second kappa shape index (κ2) is 4.21. The molecule has 2 rings (SSSR count). The quantitative estimate of drug-likeness (QED) is 0.843. The van der Waals surface area contributed by atoms with E-state index in [0.29, 0.717) is 5.69 Å². The van der Waals surface area contributed by atoms with E-state index >= 15 is 0 Å². The number of carboxylic acids is 1. The minimum Gasteiger partial charge on any atom is -0.478 e. The molecule has 17 heavy (non-hydrogen) atoms. The summed E-state index contributed by atoms with van der Waals surface area (Å²) in [6.07, 6.45) is 1.56. The van der Waals surface area contributed by atoms with Crippen molar-refractivity contribution in [1.82, 2.24) is 0 Å². The summed E-state index contributed by atoms with van der Waals surface area (Å²) in [7, 11) is -3.10. The van der Waals surface area contributed by atoms with Crippen LogP contribution in [0.1, 0.15) is 10.4 Å². The molecule has 1 aliphatic rings. The number of carbonyl (C=O) groups is 1. The lowest BCUT2D eigenvalue weighted by molar-refractivity contribution is 0.0697. The highest BCUT2D eigenvalue weighted by atomic mass is 32.2. The van der Waals surface area contributed by atoms with Crippen LogP contribution in [0.15, 0.2) is 35.7 Å². The van der Waals surface area contributed by atoms with Gasteiger partial charge in [0.2, 0.25) is 0 Å². The number of rotatable bonds is 3. The molecule has 0 fully saturated rings. The molecule has 1 unspecified atom stereocenters. The maximum Gasteiger partial charge on any atom is 0.335 e. The van der Waals surface area contributed by atoms with E-state index < -0.39 is 15.8 Å². The second-order valence-corrected chi connectivity index (χ2v) is 5.73. The van der Waals surface area contributed by atoms with Crippen molar-refractivity contribution in [2.45, 2.75) is 6.04 Å². The topological polar surface area (TPSA) is 83.5 Å². The summed E-state index contributed by atoms with van der Waals surface area (Å²) >= 11 is 0. The first-order chi connectivity index (χ1) is 7.96. The van der Waals surface area contributed by atoms with Gasteiger partial charge in [0.1, 0.15) is 0 Å². The predicted octanol–water partition coefficient (Wildman–Crippen LogP) is 1.11. The maximum atomic E-state index is 11.2. The number of hydrogen-bond donors (Lipinski definition) is 2. The van der Waals surface area contributed by atoms with Crippen molar-refractivity contribution < 1.29 is 18.3 Å². The lowest BCUT2D eigenvalue weighted by atomic mass is 10.2. The summed E-state index contributed by atoms with van der Waals surface area (Å²) in [5.74, 6) is -1.01. The Morgan fingerprint density at radius 1 is 1.41 bits per heavy atom. The molecule has 1 aromatic rings. The molecule has 0 aliphatic carbocycles. The van der Waals surface area contributed by atoms with Gasteiger partial charge in [-0.05, 0) is 18.2 Å². The van der Waals surface area contributed by atoms with Gasteiger partial charge in [-0.1, -0.05) is 12.1 Å². The molecule has 1 atom stereocenters. The van der Waals surface area contributed by atoms with E-state index in [-0.39, 0.29) is 17.4 Å². The molecule has 0 spiro atoms. The molecule has 0 saturated carbocycles. The number of anilines is 1. The van der Waals surface area contributed by atoms with Gasteiger partial charge < -0.3 is 10.4 Å². The zero-order valence-electron chi connectivity index (χ0n) is 8.83. The number of hydrogen-bond acceptors (Lipinski definition) is 4. The first-order valence-corrected chi connectivity index (χ1v) is 6.69. The molecule has 1 aromatic carbocycles. The van der Waals surface area contributed by atoms with Crippen LogP contribution < -0.4 is 5.32 Å². The largest absolute Gasteiger partial charge is 0.478 e. The van der Waals surface area contributed by atoms with Crippen LogP contribution in [0.3, 0.4) is 0 Å². The van der Waals surface area contributed by atoms with Crippen molar-refractivity contribution in [1.29, 1.82) is 0 Å². The summed E-state index contributed by atoms with van der Waals surface area (Å²) in [5.41, 5.74) is 0.761. The van der Waals surface area contributed by atoms with Crippen LogP contribution in [0, 0.1) is 0 Å². The first kappa shape index (κ1) is 11.7. The first-order valence-electron chi connectivity index (χ1n) is 4.97. The van der Waals surface area contributed by atoms with Gasteiger partial charge in [0.05, 0.1) is 17.4 Å². The highest BCUT2D eigenvalue weighted by Gasteiger charge is 2.21. The molecule has 2 N–H and O–H groups in total. The summed E-state index contributed by atoms with van der Waals surface area (Å²) in [4.78, 5) is 10.8. The normalized spacial score (nSPS) is 21.3. The minimum absolute atomic E-state index is 0.00426. The average Bonchev–Trinajstić information content (AvgIpc) is 2.58. The van der Waals surface area contributed by atoms with Gasteiger partial charge in [-0.25, -0.2) is 13.2 Å². The fourth-order valence-electron chi connectivity index (χ4n) is 1.62. The molecular weight excluding hydrogens is 242 g/mol. The maximum absolute atomic E-state index is 11.2. The molecule has 6 heteroatoms. The van der Waals surface area contributed by atoms with Gasteiger partial charge in [0.15, 0.2) is 9.84 Å². The van der Waals surface area contributed by atoms with Crippen molar-refractivity contribution >= 4 is 21.5 Å². The third-order valence-corrected chi connectivity index (χ3v) is 3.79. The van der Waals surface area contributed by atoms with Gasteiger partial charge >= 0.3 is 5.97 Å². The van der Waals surface area contributed by atoms with Crippen LogP contribution in [0.4, 0.5) is 5.69 Å². The fourth-order valence-corrected chi connectivity index (χ4v) is 2.86. The molecule has 0 bridgehead atoms. The molecule has 5 nitrogen and oxygen atoms in total. The Bertz CT molecular complexity index is 577. The lowest BCUT2D eigenvalue weighted by Gasteiger charge is -2.11. The average molecular weight is 253 g/mol. The Labute approximate surface area is 98.7 Å². The summed E-state index contributed by atoms with van der Waals surface area (Å²) in [6.45, 7) is 0. The molecule has 1 aliphatic heterocycles. The van der Waals surface area contributed by atoms with Gasteiger partial charge in [0.25, 0.3) is 0 Å². The second-order valence-electron chi connectivity index (χ2n) is 3.79. The molecule has 0 radical (unpaired) electrons. The molecule has 90 valence electrons.